The van der Waals surface area contributed by atoms with Gasteiger partial charge in [-0.05, 0) is 24.9 Å². The van der Waals surface area contributed by atoms with Gasteiger partial charge < -0.3 is 0 Å². The molecular formula is C15H20FN3S2. The van der Waals surface area contributed by atoms with Crippen molar-refractivity contribution in [2.24, 2.45) is 0 Å². The van der Waals surface area contributed by atoms with E-state index in [1.807, 2.05) is 11.7 Å². The molecule has 3 heterocycles. The molecule has 0 amide bonds. The van der Waals surface area contributed by atoms with Crippen LogP contribution in [0, 0.1) is 0 Å². The summed E-state index contributed by atoms with van der Waals surface area (Å²) in [5.74, 6) is 0. The van der Waals surface area contributed by atoms with E-state index >= 15 is 0 Å². The second kappa shape index (κ2) is 6.96. The number of nitrogens with zero attached hydrogens (tertiary/aromatic N) is 3. The predicted molar refractivity (Wildman–Crippen MR) is 86.5 cm³/mol. The Labute approximate surface area is 133 Å². The van der Waals surface area contributed by atoms with E-state index in [1.165, 1.54) is 9.75 Å². The van der Waals surface area contributed by atoms with Crippen molar-refractivity contribution in [3.05, 3.63) is 39.0 Å². The highest BCUT2D eigenvalue weighted by atomic mass is 32.1. The number of alkyl halides is 1. The zero-order valence-corrected chi connectivity index (χ0v) is 13.7. The minimum atomic E-state index is -0.688. The van der Waals surface area contributed by atoms with Crippen LogP contribution in [0.2, 0.25) is 0 Å². The van der Waals surface area contributed by atoms with Crippen LogP contribution in [0.4, 0.5) is 4.39 Å². The molecule has 6 heteroatoms. The average Bonchev–Trinajstić information content (AvgIpc) is 3.14. The third-order valence-electron chi connectivity index (χ3n) is 3.85. The molecule has 1 aliphatic heterocycles. The van der Waals surface area contributed by atoms with Crippen molar-refractivity contribution >= 4 is 22.7 Å². The third-order valence-corrected chi connectivity index (χ3v) is 5.47. The van der Waals surface area contributed by atoms with Crippen molar-refractivity contribution in [1.29, 1.82) is 0 Å². The lowest BCUT2D eigenvalue weighted by molar-refractivity contribution is 0.182. The molecule has 0 N–H and O–H groups in total. The smallest absolute Gasteiger partial charge is 0.114 e. The molecule has 2 aromatic rings. The van der Waals surface area contributed by atoms with Gasteiger partial charge in [0.1, 0.15) is 6.17 Å². The molecule has 0 radical (unpaired) electrons. The molecule has 0 spiro atoms. The number of likely N-dealkylation sites (tertiary alicyclic amines) is 1. The topological polar surface area (TPSA) is 19.4 Å². The van der Waals surface area contributed by atoms with Crippen LogP contribution in [0.3, 0.4) is 0 Å². The van der Waals surface area contributed by atoms with Crippen LogP contribution in [-0.4, -0.2) is 47.1 Å². The molecule has 21 heavy (non-hydrogen) atoms. The van der Waals surface area contributed by atoms with Crippen molar-refractivity contribution in [3.8, 4) is 0 Å². The van der Waals surface area contributed by atoms with Gasteiger partial charge in [0.25, 0.3) is 0 Å². The van der Waals surface area contributed by atoms with E-state index in [-0.39, 0.29) is 0 Å². The highest BCUT2D eigenvalue weighted by Gasteiger charge is 2.32. The second-order valence-corrected chi connectivity index (χ2v) is 7.66. The van der Waals surface area contributed by atoms with Crippen LogP contribution >= 0.6 is 22.7 Å². The zero-order chi connectivity index (χ0) is 14.7. The zero-order valence-electron chi connectivity index (χ0n) is 12.1. The van der Waals surface area contributed by atoms with Gasteiger partial charge in [0.05, 0.1) is 5.51 Å². The molecule has 0 aliphatic carbocycles. The Morgan fingerprint density at radius 3 is 3.05 bits per heavy atom. The Hall–Kier alpha value is -0.820. The summed E-state index contributed by atoms with van der Waals surface area (Å²) in [6.07, 6.45) is 1.88. The lowest BCUT2D eigenvalue weighted by Gasteiger charge is -2.27. The van der Waals surface area contributed by atoms with E-state index in [9.17, 15) is 4.39 Å². The van der Waals surface area contributed by atoms with Crippen molar-refractivity contribution in [1.82, 2.24) is 14.8 Å². The van der Waals surface area contributed by atoms with E-state index in [4.69, 9.17) is 0 Å². The fourth-order valence-electron chi connectivity index (χ4n) is 2.92. The molecule has 3 nitrogen and oxygen atoms in total. The Kier molecular flexibility index (Phi) is 5.00. The number of thiazole rings is 1. The Morgan fingerprint density at radius 2 is 2.33 bits per heavy atom. The fraction of sp³-hybridized carbons (Fsp3) is 0.533. The highest BCUT2D eigenvalue weighted by molar-refractivity contribution is 7.10. The quantitative estimate of drug-likeness (QED) is 0.813. The van der Waals surface area contributed by atoms with Crippen LogP contribution in [0.25, 0.3) is 0 Å². The molecule has 0 saturated carbocycles. The summed E-state index contributed by atoms with van der Waals surface area (Å²) in [7, 11) is 2.11. The first-order valence-electron chi connectivity index (χ1n) is 7.17. The van der Waals surface area contributed by atoms with E-state index < -0.39 is 6.17 Å². The number of thiophene rings is 1. The molecule has 0 unspecified atom stereocenters. The van der Waals surface area contributed by atoms with Gasteiger partial charge in [-0.1, -0.05) is 6.07 Å². The monoisotopic (exact) mass is 325 g/mol. The van der Waals surface area contributed by atoms with Gasteiger partial charge in [-0.3, -0.25) is 14.8 Å². The molecule has 2 atom stereocenters. The minimum absolute atomic E-state index is 0.306. The molecule has 1 fully saturated rings. The van der Waals surface area contributed by atoms with Crippen molar-refractivity contribution in [2.75, 3.05) is 20.1 Å². The van der Waals surface area contributed by atoms with Gasteiger partial charge in [-0.2, -0.15) is 0 Å². The number of halogens is 1. The minimum Gasteiger partial charge on any atom is -0.300 e. The normalized spacial score (nSPS) is 23.2. The molecule has 0 bridgehead atoms. The lowest BCUT2D eigenvalue weighted by atomic mass is 10.2. The first kappa shape index (κ1) is 15.1. The van der Waals surface area contributed by atoms with Crippen LogP contribution in [0.1, 0.15) is 16.2 Å². The molecule has 3 rings (SSSR count). The number of hydrogen-bond donors (Lipinski definition) is 0. The number of likely N-dealkylation sites (N-methyl/N-ethyl adjacent to an activating group) is 1. The summed E-state index contributed by atoms with van der Waals surface area (Å²) < 4.78 is 13.8. The Morgan fingerprint density at radius 1 is 1.43 bits per heavy atom. The molecule has 2 aromatic heterocycles. The van der Waals surface area contributed by atoms with Crippen LogP contribution in [0.15, 0.2) is 29.2 Å². The van der Waals surface area contributed by atoms with E-state index in [0.29, 0.717) is 19.0 Å². The number of hydrogen-bond acceptors (Lipinski definition) is 5. The first-order chi connectivity index (χ1) is 10.2. The van der Waals surface area contributed by atoms with Crippen molar-refractivity contribution in [2.45, 2.75) is 31.7 Å². The lowest BCUT2D eigenvalue weighted by Crippen LogP contribution is -2.38. The van der Waals surface area contributed by atoms with Gasteiger partial charge in [-0.15, -0.1) is 22.7 Å². The highest BCUT2D eigenvalue weighted by Crippen LogP contribution is 2.25. The summed E-state index contributed by atoms with van der Waals surface area (Å²) in [6.45, 7) is 3.24. The van der Waals surface area contributed by atoms with Crippen LogP contribution < -0.4 is 0 Å². The number of rotatable bonds is 6. The summed E-state index contributed by atoms with van der Waals surface area (Å²) >= 11 is 3.43. The fourth-order valence-corrected chi connectivity index (χ4v) is 4.32. The molecule has 114 valence electrons. The van der Waals surface area contributed by atoms with Crippen LogP contribution in [-0.2, 0) is 13.1 Å². The van der Waals surface area contributed by atoms with E-state index in [1.54, 1.807) is 22.7 Å². The molecule has 1 aliphatic rings. The van der Waals surface area contributed by atoms with Crippen molar-refractivity contribution < 1.29 is 4.39 Å². The SMILES string of the molecule is CN(Cc1cncs1)C[C@@H]1C[C@H](F)CN1Cc1cccs1. The average molecular weight is 325 g/mol. The van der Waals surface area contributed by atoms with E-state index in [2.05, 4.69) is 39.3 Å². The molecular weight excluding hydrogens is 305 g/mol. The predicted octanol–water partition coefficient (Wildman–Crippen LogP) is 3.25. The Bertz CT molecular complexity index is 529. The van der Waals surface area contributed by atoms with Gasteiger partial charge in [0.15, 0.2) is 0 Å². The first-order valence-corrected chi connectivity index (χ1v) is 8.93. The number of aromatic nitrogens is 1. The van der Waals surface area contributed by atoms with Crippen molar-refractivity contribution in [3.63, 3.8) is 0 Å². The van der Waals surface area contributed by atoms with Gasteiger partial charge in [-0.25, -0.2) is 4.39 Å². The summed E-state index contributed by atoms with van der Waals surface area (Å²) in [6, 6.07) is 4.50. The maximum Gasteiger partial charge on any atom is 0.114 e. The van der Waals surface area contributed by atoms with Gasteiger partial charge >= 0.3 is 0 Å². The second-order valence-electron chi connectivity index (χ2n) is 5.66. The van der Waals surface area contributed by atoms with Gasteiger partial charge in [0.2, 0.25) is 0 Å². The largest absolute Gasteiger partial charge is 0.300 e. The summed E-state index contributed by atoms with van der Waals surface area (Å²) in [4.78, 5) is 11.3. The maximum absolute atomic E-state index is 13.8. The molecule has 0 aromatic carbocycles. The third kappa shape index (κ3) is 4.10. The standard InChI is InChI=1S/C15H20FN3S2/c1-18(9-15-6-17-11-21-15)8-13-5-12(16)7-19(13)10-14-3-2-4-20-14/h2-4,6,11-13H,5,7-10H2,1H3/t12-,13-/m0/s1. The molecule has 1 saturated heterocycles. The Balaban J connectivity index is 1.57. The van der Waals surface area contributed by atoms with E-state index in [0.717, 1.165) is 19.6 Å². The van der Waals surface area contributed by atoms with Crippen LogP contribution in [0.5, 0.6) is 0 Å². The van der Waals surface area contributed by atoms with Gasteiger partial charge in [0, 0.05) is 48.2 Å². The maximum atomic E-state index is 13.8. The summed E-state index contributed by atoms with van der Waals surface area (Å²) in [5.41, 5.74) is 1.86. The summed E-state index contributed by atoms with van der Waals surface area (Å²) in [5, 5.41) is 2.09.